The lowest BCUT2D eigenvalue weighted by molar-refractivity contribution is 0.242. The lowest BCUT2D eigenvalue weighted by atomic mass is 10.1. The predicted molar refractivity (Wildman–Crippen MR) is 124 cm³/mol. The highest BCUT2D eigenvalue weighted by Crippen LogP contribution is 2.23. The first-order chi connectivity index (χ1) is 14.8. The molecule has 0 unspecified atom stereocenters. The van der Waals surface area contributed by atoms with E-state index >= 15 is 0 Å². The van der Waals surface area contributed by atoms with Crippen LogP contribution in [0.2, 0.25) is 5.02 Å². The van der Waals surface area contributed by atoms with E-state index in [0.717, 1.165) is 38.3 Å². The average Bonchev–Trinajstić information content (AvgIpc) is 3.11. The number of aromatic nitrogens is 4. The Morgan fingerprint density at radius 2 is 1.90 bits per heavy atom. The number of H-pyrrole nitrogens is 1. The summed E-state index contributed by atoms with van der Waals surface area (Å²) in [5.41, 5.74) is 0.883. The first-order valence-electron chi connectivity index (χ1n) is 10.7. The van der Waals surface area contributed by atoms with Gasteiger partial charge < -0.3 is 4.90 Å². The van der Waals surface area contributed by atoms with Gasteiger partial charge in [0.05, 0.1) is 6.54 Å². The molecule has 1 fully saturated rings. The summed E-state index contributed by atoms with van der Waals surface area (Å²) in [5.74, 6) is 1.40. The van der Waals surface area contributed by atoms with E-state index in [1.807, 2.05) is 28.8 Å². The fourth-order valence-electron chi connectivity index (χ4n) is 4.04. The average molecular weight is 445 g/mol. The number of aromatic amines is 1. The van der Waals surface area contributed by atoms with Crippen LogP contribution in [0.4, 0.5) is 5.95 Å². The van der Waals surface area contributed by atoms with Crippen molar-refractivity contribution in [3.8, 4) is 0 Å². The van der Waals surface area contributed by atoms with Gasteiger partial charge in [-0.05, 0) is 36.6 Å². The van der Waals surface area contributed by atoms with Crippen molar-refractivity contribution in [1.82, 2.24) is 24.0 Å². The quantitative estimate of drug-likeness (QED) is 0.631. The van der Waals surface area contributed by atoms with Gasteiger partial charge in [0.15, 0.2) is 11.2 Å². The van der Waals surface area contributed by atoms with E-state index in [9.17, 15) is 9.59 Å². The number of nitrogens with zero attached hydrogens (tertiary/aromatic N) is 5. The zero-order valence-electron chi connectivity index (χ0n) is 18.3. The molecular formula is C22H29ClN6O2. The molecule has 0 aliphatic carbocycles. The molecule has 8 nitrogen and oxygen atoms in total. The van der Waals surface area contributed by atoms with E-state index < -0.39 is 11.2 Å². The standard InChI is InChI=1S/C22H29ClN6O2/c1-15(2)7-8-27-9-11-28(12-10-27)21-24-19-18(20(30)25-22(31)26(19)3)29(21)14-16-5-4-6-17(23)13-16/h4-6,13,15H,7-12,14H2,1-3H3,(H,25,30,31). The van der Waals surface area contributed by atoms with Gasteiger partial charge in [-0.15, -0.1) is 0 Å². The van der Waals surface area contributed by atoms with E-state index in [4.69, 9.17) is 16.6 Å². The summed E-state index contributed by atoms with van der Waals surface area (Å²) in [7, 11) is 1.63. The summed E-state index contributed by atoms with van der Waals surface area (Å²) < 4.78 is 3.30. The van der Waals surface area contributed by atoms with Gasteiger partial charge in [0.1, 0.15) is 0 Å². The Morgan fingerprint density at radius 1 is 1.16 bits per heavy atom. The Morgan fingerprint density at radius 3 is 2.58 bits per heavy atom. The molecule has 1 saturated heterocycles. The van der Waals surface area contributed by atoms with Gasteiger partial charge in [-0.25, -0.2) is 4.79 Å². The Bertz CT molecular complexity index is 1190. The van der Waals surface area contributed by atoms with Crippen molar-refractivity contribution in [3.05, 3.63) is 55.7 Å². The number of anilines is 1. The largest absolute Gasteiger partial charge is 0.340 e. The van der Waals surface area contributed by atoms with E-state index in [1.54, 1.807) is 7.05 Å². The lowest BCUT2D eigenvalue weighted by Gasteiger charge is -2.35. The smallest absolute Gasteiger partial charge is 0.329 e. The molecule has 3 aromatic rings. The summed E-state index contributed by atoms with van der Waals surface area (Å²) >= 11 is 6.18. The molecule has 1 aliphatic heterocycles. The molecule has 0 saturated carbocycles. The Labute approximate surface area is 186 Å². The second-order valence-electron chi connectivity index (χ2n) is 8.63. The van der Waals surface area contributed by atoms with Crippen LogP contribution >= 0.6 is 11.6 Å². The molecule has 3 heterocycles. The molecule has 9 heteroatoms. The third-order valence-electron chi connectivity index (χ3n) is 5.89. The first-order valence-corrected chi connectivity index (χ1v) is 11.1. The molecule has 2 aromatic heterocycles. The van der Waals surface area contributed by atoms with Crippen molar-refractivity contribution in [3.63, 3.8) is 0 Å². The molecule has 4 rings (SSSR count). The van der Waals surface area contributed by atoms with Crippen molar-refractivity contribution in [2.45, 2.75) is 26.8 Å². The maximum atomic E-state index is 12.7. The third-order valence-corrected chi connectivity index (χ3v) is 6.13. The number of benzene rings is 1. The minimum Gasteiger partial charge on any atom is -0.340 e. The zero-order chi connectivity index (χ0) is 22.1. The zero-order valence-corrected chi connectivity index (χ0v) is 19.0. The molecule has 1 N–H and O–H groups in total. The molecule has 1 aromatic carbocycles. The van der Waals surface area contributed by atoms with E-state index in [0.29, 0.717) is 34.6 Å². The Kier molecular flexibility index (Phi) is 6.20. The van der Waals surface area contributed by atoms with Crippen LogP contribution in [0.15, 0.2) is 33.9 Å². The Hall–Kier alpha value is -2.58. The van der Waals surface area contributed by atoms with Gasteiger partial charge in [0.2, 0.25) is 5.95 Å². The van der Waals surface area contributed by atoms with Gasteiger partial charge in [0, 0.05) is 38.2 Å². The number of imidazole rings is 1. The van der Waals surface area contributed by atoms with Gasteiger partial charge in [-0.1, -0.05) is 37.6 Å². The third kappa shape index (κ3) is 4.55. The summed E-state index contributed by atoms with van der Waals surface area (Å²) in [6.07, 6.45) is 1.19. The summed E-state index contributed by atoms with van der Waals surface area (Å²) in [6, 6.07) is 7.58. The van der Waals surface area contributed by atoms with Gasteiger partial charge in [-0.3, -0.25) is 23.8 Å². The molecule has 0 radical (unpaired) electrons. The maximum Gasteiger partial charge on any atom is 0.329 e. The van der Waals surface area contributed by atoms with Gasteiger partial charge in [-0.2, -0.15) is 4.98 Å². The van der Waals surface area contributed by atoms with Crippen molar-refractivity contribution < 1.29 is 0 Å². The summed E-state index contributed by atoms with van der Waals surface area (Å²) in [4.78, 5) is 36.7. The number of hydrogen-bond acceptors (Lipinski definition) is 5. The summed E-state index contributed by atoms with van der Waals surface area (Å²) in [6.45, 7) is 9.57. The molecule has 166 valence electrons. The van der Waals surface area contributed by atoms with Crippen LogP contribution < -0.4 is 16.1 Å². The highest BCUT2D eigenvalue weighted by molar-refractivity contribution is 6.30. The Balaban J connectivity index is 1.71. The second-order valence-corrected chi connectivity index (χ2v) is 9.07. The van der Waals surface area contributed by atoms with Crippen LogP contribution in [0.5, 0.6) is 0 Å². The fraction of sp³-hybridized carbons (Fsp3) is 0.500. The lowest BCUT2D eigenvalue weighted by Crippen LogP contribution is -2.47. The number of piperazine rings is 1. The van der Waals surface area contributed by atoms with Gasteiger partial charge in [0.25, 0.3) is 5.56 Å². The minimum atomic E-state index is -0.463. The highest BCUT2D eigenvalue weighted by atomic mass is 35.5. The van der Waals surface area contributed by atoms with Gasteiger partial charge >= 0.3 is 5.69 Å². The summed E-state index contributed by atoms with van der Waals surface area (Å²) in [5, 5.41) is 0.642. The monoisotopic (exact) mass is 444 g/mol. The number of rotatable bonds is 6. The number of nitrogens with one attached hydrogen (secondary N) is 1. The van der Waals surface area contributed by atoms with Crippen molar-refractivity contribution >= 4 is 28.7 Å². The maximum absolute atomic E-state index is 12.7. The SMILES string of the molecule is CC(C)CCN1CCN(c2nc3c(c(=O)[nH]c(=O)n3C)n2Cc2cccc(Cl)c2)CC1. The van der Waals surface area contributed by atoms with Crippen LogP contribution in [0.25, 0.3) is 11.2 Å². The van der Waals surface area contributed by atoms with Crippen molar-refractivity contribution in [2.24, 2.45) is 13.0 Å². The number of halogens is 1. The second kappa shape index (κ2) is 8.88. The van der Waals surface area contributed by atoms with Crippen molar-refractivity contribution in [2.75, 3.05) is 37.6 Å². The predicted octanol–water partition coefficient (Wildman–Crippen LogP) is 2.29. The molecule has 0 atom stereocenters. The molecular weight excluding hydrogens is 416 g/mol. The van der Waals surface area contributed by atoms with Crippen LogP contribution in [0.1, 0.15) is 25.8 Å². The first kappa shape index (κ1) is 21.6. The molecule has 0 spiro atoms. The molecule has 0 amide bonds. The van der Waals surface area contributed by atoms with Crippen LogP contribution in [-0.2, 0) is 13.6 Å². The molecule has 31 heavy (non-hydrogen) atoms. The number of aryl methyl sites for hydroxylation is 1. The van der Waals surface area contributed by atoms with Crippen molar-refractivity contribution in [1.29, 1.82) is 0 Å². The normalized spacial score (nSPS) is 15.3. The van der Waals surface area contributed by atoms with Crippen LogP contribution in [0.3, 0.4) is 0 Å². The highest BCUT2D eigenvalue weighted by Gasteiger charge is 2.25. The molecule has 0 bridgehead atoms. The van der Waals surface area contributed by atoms with E-state index in [2.05, 4.69) is 28.6 Å². The molecule has 1 aliphatic rings. The number of fused-ring (bicyclic) bond motifs is 1. The van der Waals surface area contributed by atoms with Crippen LogP contribution in [0, 0.1) is 5.92 Å². The van der Waals surface area contributed by atoms with E-state index in [-0.39, 0.29) is 0 Å². The fourth-order valence-corrected chi connectivity index (χ4v) is 4.26. The topological polar surface area (TPSA) is 79.2 Å². The number of hydrogen-bond donors (Lipinski definition) is 1. The minimum absolute atomic E-state index is 0.396. The van der Waals surface area contributed by atoms with Crippen LogP contribution in [-0.4, -0.2) is 56.7 Å². The van der Waals surface area contributed by atoms with E-state index in [1.165, 1.54) is 11.0 Å².